The van der Waals surface area contributed by atoms with E-state index in [1.807, 2.05) is 6.08 Å². The molecule has 52 heavy (non-hydrogen) atoms. The molecule has 0 aliphatic rings. The SMILES string of the molecule is CCC/C=C\CCCCCC(CC(=O)NC(CO)C(O)CCCCCCCCCCCCCC)OC(=O)CC/C=C/C/C=C\CCCCCCCC. The Morgan fingerprint density at radius 2 is 1.02 bits per heavy atom. The zero-order valence-corrected chi connectivity index (χ0v) is 34.4. The van der Waals surface area contributed by atoms with Gasteiger partial charge in [0, 0.05) is 6.42 Å². The molecule has 0 radical (unpaired) electrons. The molecule has 0 aromatic carbocycles. The molecular formula is C46H85NO5. The number of rotatable bonds is 39. The number of hydrogen-bond acceptors (Lipinski definition) is 5. The fourth-order valence-corrected chi connectivity index (χ4v) is 6.54. The summed E-state index contributed by atoms with van der Waals surface area (Å²) in [5.41, 5.74) is 0. The number of carbonyl (C=O) groups excluding carboxylic acids is 2. The van der Waals surface area contributed by atoms with E-state index in [0.29, 0.717) is 19.3 Å². The smallest absolute Gasteiger partial charge is 0.306 e. The first-order valence-corrected chi connectivity index (χ1v) is 22.2. The van der Waals surface area contributed by atoms with E-state index in [-0.39, 0.29) is 31.3 Å². The van der Waals surface area contributed by atoms with Gasteiger partial charge in [0.05, 0.1) is 25.2 Å². The third-order valence-electron chi connectivity index (χ3n) is 9.94. The Morgan fingerprint density at radius 1 is 0.558 bits per heavy atom. The first-order valence-electron chi connectivity index (χ1n) is 22.2. The van der Waals surface area contributed by atoms with E-state index in [0.717, 1.165) is 70.6 Å². The predicted molar refractivity (Wildman–Crippen MR) is 222 cm³/mol. The Kier molecular flexibility index (Phi) is 38.8. The minimum absolute atomic E-state index is 0.0448. The van der Waals surface area contributed by atoms with Crippen LogP contribution in [-0.4, -0.2) is 46.9 Å². The van der Waals surface area contributed by atoms with Crippen molar-refractivity contribution in [2.75, 3.05) is 6.61 Å². The standard InChI is InChI=1S/C46H85NO5/c1-4-7-10-13-16-19-21-23-25-27-30-33-36-39-46(51)52-42(37-34-31-28-18-15-12-9-6-3)40-45(50)47-43(41-48)44(49)38-35-32-29-26-24-22-20-17-14-11-8-5-2/h12,15,23,25,30,33,42-44,48-49H,4-11,13-14,16-22,24,26-29,31-32,34-41H2,1-3H3,(H,47,50)/b15-12-,25-23-,33-30+. The van der Waals surface area contributed by atoms with Crippen LogP contribution in [0.5, 0.6) is 0 Å². The molecule has 0 saturated heterocycles. The van der Waals surface area contributed by atoms with Gasteiger partial charge in [-0.1, -0.05) is 179 Å². The number of nitrogens with one attached hydrogen (secondary N) is 1. The van der Waals surface area contributed by atoms with E-state index < -0.39 is 18.2 Å². The van der Waals surface area contributed by atoms with Crippen LogP contribution >= 0.6 is 0 Å². The molecule has 0 saturated carbocycles. The van der Waals surface area contributed by atoms with Crippen LogP contribution in [0.25, 0.3) is 0 Å². The Bertz CT molecular complexity index is 869. The third-order valence-corrected chi connectivity index (χ3v) is 9.94. The zero-order chi connectivity index (χ0) is 38.2. The van der Waals surface area contributed by atoms with Crippen LogP contribution in [0.15, 0.2) is 36.5 Å². The van der Waals surface area contributed by atoms with Crippen LogP contribution < -0.4 is 5.32 Å². The minimum atomic E-state index is -0.795. The summed E-state index contributed by atoms with van der Waals surface area (Å²) in [5.74, 6) is -0.574. The van der Waals surface area contributed by atoms with E-state index in [4.69, 9.17) is 4.74 Å². The highest BCUT2D eigenvalue weighted by Gasteiger charge is 2.23. The van der Waals surface area contributed by atoms with Gasteiger partial charge in [0.1, 0.15) is 6.10 Å². The third kappa shape index (κ3) is 35.1. The van der Waals surface area contributed by atoms with Crippen LogP contribution in [0.1, 0.15) is 220 Å². The van der Waals surface area contributed by atoms with Crippen molar-refractivity contribution in [1.29, 1.82) is 0 Å². The number of hydrogen-bond donors (Lipinski definition) is 3. The topological polar surface area (TPSA) is 95.9 Å². The van der Waals surface area contributed by atoms with Gasteiger partial charge in [-0.05, 0) is 64.2 Å². The summed E-state index contributed by atoms with van der Waals surface area (Å²) in [6.07, 6.45) is 45.1. The molecule has 3 N–H and O–H groups in total. The number of unbranched alkanes of at least 4 members (excludes halogenated alkanes) is 21. The first-order chi connectivity index (χ1) is 25.5. The monoisotopic (exact) mass is 732 g/mol. The second-order valence-corrected chi connectivity index (χ2v) is 15.1. The fourth-order valence-electron chi connectivity index (χ4n) is 6.54. The summed E-state index contributed by atoms with van der Waals surface area (Å²) in [5, 5.41) is 23.5. The molecule has 0 spiro atoms. The van der Waals surface area contributed by atoms with Crippen molar-refractivity contribution in [3.63, 3.8) is 0 Å². The molecule has 0 aliphatic heterocycles. The van der Waals surface area contributed by atoms with Gasteiger partial charge >= 0.3 is 5.97 Å². The lowest BCUT2D eigenvalue weighted by Gasteiger charge is -2.24. The van der Waals surface area contributed by atoms with Crippen LogP contribution in [0.3, 0.4) is 0 Å². The highest BCUT2D eigenvalue weighted by molar-refractivity contribution is 5.77. The summed E-state index contributed by atoms with van der Waals surface area (Å²) < 4.78 is 5.83. The Morgan fingerprint density at radius 3 is 1.58 bits per heavy atom. The van der Waals surface area contributed by atoms with Crippen molar-refractivity contribution in [3.8, 4) is 0 Å². The summed E-state index contributed by atoms with van der Waals surface area (Å²) in [6.45, 7) is 6.36. The van der Waals surface area contributed by atoms with Gasteiger partial charge in [-0.25, -0.2) is 0 Å². The lowest BCUT2D eigenvalue weighted by molar-refractivity contribution is -0.150. The van der Waals surface area contributed by atoms with Gasteiger partial charge in [0.15, 0.2) is 0 Å². The van der Waals surface area contributed by atoms with Crippen molar-refractivity contribution in [3.05, 3.63) is 36.5 Å². The number of aliphatic hydroxyl groups is 2. The molecule has 0 aromatic rings. The molecule has 0 aliphatic carbocycles. The quantitative estimate of drug-likeness (QED) is 0.0332. The average Bonchev–Trinajstić information content (AvgIpc) is 3.13. The number of allylic oxidation sites excluding steroid dienone is 6. The minimum Gasteiger partial charge on any atom is -0.462 e. The normalized spacial score (nSPS) is 13.7. The van der Waals surface area contributed by atoms with Gasteiger partial charge < -0.3 is 20.3 Å². The van der Waals surface area contributed by atoms with E-state index in [1.54, 1.807) is 0 Å². The summed E-state index contributed by atoms with van der Waals surface area (Å²) in [4.78, 5) is 25.8. The molecular weight excluding hydrogens is 647 g/mol. The zero-order valence-electron chi connectivity index (χ0n) is 34.4. The average molecular weight is 732 g/mol. The van der Waals surface area contributed by atoms with E-state index in [1.165, 1.54) is 96.3 Å². The maximum absolute atomic E-state index is 13.1. The number of aliphatic hydroxyl groups excluding tert-OH is 2. The lowest BCUT2D eigenvalue weighted by atomic mass is 10.0. The molecule has 6 nitrogen and oxygen atoms in total. The van der Waals surface area contributed by atoms with Crippen molar-refractivity contribution >= 4 is 11.9 Å². The number of carbonyl (C=O) groups is 2. The van der Waals surface area contributed by atoms with Crippen molar-refractivity contribution < 1.29 is 24.5 Å². The molecule has 3 unspecified atom stereocenters. The van der Waals surface area contributed by atoms with Gasteiger partial charge in [-0.15, -0.1) is 0 Å². The largest absolute Gasteiger partial charge is 0.462 e. The van der Waals surface area contributed by atoms with Crippen LogP contribution in [0.2, 0.25) is 0 Å². The maximum atomic E-state index is 13.1. The van der Waals surface area contributed by atoms with Crippen molar-refractivity contribution in [1.82, 2.24) is 5.32 Å². The lowest BCUT2D eigenvalue weighted by Crippen LogP contribution is -2.46. The van der Waals surface area contributed by atoms with Crippen molar-refractivity contribution in [2.45, 2.75) is 238 Å². The highest BCUT2D eigenvalue weighted by Crippen LogP contribution is 2.16. The number of ether oxygens (including phenoxy) is 1. The molecule has 0 bridgehead atoms. The van der Waals surface area contributed by atoms with E-state index in [9.17, 15) is 19.8 Å². The Balaban J connectivity index is 4.58. The second-order valence-electron chi connectivity index (χ2n) is 15.1. The van der Waals surface area contributed by atoms with Gasteiger partial charge in [-0.2, -0.15) is 0 Å². The molecule has 1 amide bonds. The molecule has 304 valence electrons. The first kappa shape index (κ1) is 50.1. The van der Waals surface area contributed by atoms with Gasteiger partial charge in [0.2, 0.25) is 5.91 Å². The summed E-state index contributed by atoms with van der Waals surface area (Å²) >= 11 is 0. The molecule has 0 heterocycles. The van der Waals surface area contributed by atoms with E-state index >= 15 is 0 Å². The van der Waals surface area contributed by atoms with Gasteiger partial charge in [-0.3, -0.25) is 9.59 Å². The molecule has 0 aromatic heterocycles. The summed E-state index contributed by atoms with van der Waals surface area (Å²) in [6, 6.07) is -0.712. The highest BCUT2D eigenvalue weighted by atomic mass is 16.5. The predicted octanol–water partition coefficient (Wildman–Crippen LogP) is 12.6. The van der Waals surface area contributed by atoms with Gasteiger partial charge in [0.25, 0.3) is 0 Å². The fraction of sp³-hybridized carbons (Fsp3) is 0.826. The maximum Gasteiger partial charge on any atom is 0.306 e. The van der Waals surface area contributed by atoms with Crippen LogP contribution in [0, 0.1) is 0 Å². The van der Waals surface area contributed by atoms with Crippen LogP contribution in [-0.2, 0) is 14.3 Å². The second kappa shape index (κ2) is 40.3. The number of esters is 1. The molecule has 6 heteroatoms. The van der Waals surface area contributed by atoms with E-state index in [2.05, 4.69) is 56.5 Å². The molecule has 3 atom stereocenters. The Labute approximate surface area is 322 Å². The Hall–Kier alpha value is -1.92. The van der Waals surface area contributed by atoms with Crippen LogP contribution in [0.4, 0.5) is 0 Å². The molecule has 0 rings (SSSR count). The molecule has 0 fully saturated rings. The number of amides is 1. The summed E-state index contributed by atoms with van der Waals surface area (Å²) in [7, 11) is 0. The van der Waals surface area contributed by atoms with Crippen molar-refractivity contribution in [2.24, 2.45) is 0 Å².